The molecular weight excluding hydrogens is 280 g/mol. The molecule has 0 atom stereocenters. The third-order valence-corrected chi connectivity index (χ3v) is 3.23. The summed E-state index contributed by atoms with van der Waals surface area (Å²) in [5.74, 6) is -0.608. The van der Waals surface area contributed by atoms with Crippen molar-refractivity contribution >= 4 is 11.4 Å². The Kier molecular flexibility index (Phi) is 4.05. The summed E-state index contributed by atoms with van der Waals surface area (Å²) in [4.78, 5) is 4.63. The average Bonchev–Trinajstić information content (AvgIpc) is 2.56. The molecule has 0 saturated heterocycles. The van der Waals surface area contributed by atoms with E-state index in [1.54, 1.807) is 24.3 Å². The van der Waals surface area contributed by atoms with Crippen molar-refractivity contribution in [1.82, 2.24) is 0 Å². The highest BCUT2D eigenvalue weighted by Gasteiger charge is 2.08. The fourth-order valence-corrected chi connectivity index (χ4v) is 2.14. The van der Waals surface area contributed by atoms with E-state index >= 15 is 0 Å². The van der Waals surface area contributed by atoms with Gasteiger partial charge in [-0.15, -0.1) is 0 Å². The van der Waals surface area contributed by atoms with Gasteiger partial charge >= 0.3 is 0 Å². The van der Waals surface area contributed by atoms with Crippen LogP contribution in [0.4, 0.5) is 14.5 Å². The Bertz CT molecular complexity index is 728. The molecule has 0 fully saturated rings. The highest BCUT2D eigenvalue weighted by atomic mass is 19.1. The number of halogens is 2. The molecule has 108 valence electrons. The second kappa shape index (κ2) is 6.31. The Morgan fingerprint density at radius 2 is 1.05 bits per heavy atom. The number of benzene rings is 3. The summed E-state index contributed by atoms with van der Waals surface area (Å²) in [6, 6.07) is 21.7. The van der Waals surface area contributed by atoms with E-state index in [0.717, 1.165) is 16.8 Å². The normalized spacial score (nSPS) is 10.3. The zero-order valence-electron chi connectivity index (χ0n) is 11.7. The van der Waals surface area contributed by atoms with Crippen LogP contribution in [0, 0.1) is 11.6 Å². The van der Waals surface area contributed by atoms with Crippen molar-refractivity contribution in [2.45, 2.75) is 0 Å². The van der Waals surface area contributed by atoms with E-state index < -0.39 is 0 Å². The maximum absolute atomic E-state index is 13.1. The van der Waals surface area contributed by atoms with Gasteiger partial charge in [-0.2, -0.15) is 0 Å². The lowest BCUT2D eigenvalue weighted by Crippen LogP contribution is -2.03. The van der Waals surface area contributed by atoms with Gasteiger partial charge in [0.1, 0.15) is 11.6 Å². The van der Waals surface area contributed by atoms with Crippen molar-refractivity contribution in [3.05, 3.63) is 102 Å². The first-order valence-electron chi connectivity index (χ1n) is 6.88. The average molecular weight is 293 g/mol. The number of hydrogen-bond donors (Lipinski definition) is 0. The minimum Gasteiger partial charge on any atom is -0.248 e. The molecule has 0 aromatic heterocycles. The Morgan fingerprint density at radius 1 is 0.591 bits per heavy atom. The molecule has 0 aliphatic carbocycles. The highest BCUT2D eigenvalue weighted by molar-refractivity contribution is 6.13. The van der Waals surface area contributed by atoms with Crippen LogP contribution in [-0.4, -0.2) is 5.71 Å². The molecular formula is C19H13F2N. The Morgan fingerprint density at radius 3 is 1.50 bits per heavy atom. The van der Waals surface area contributed by atoms with Crippen LogP contribution >= 0.6 is 0 Å². The van der Waals surface area contributed by atoms with Crippen molar-refractivity contribution in [3.8, 4) is 0 Å². The van der Waals surface area contributed by atoms with Gasteiger partial charge in [0.25, 0.3) is 0 Å². The van der Waals surface area contributed by atoms with Crippen LogP contribution in [-0.2, 0) is 0 Å². The summed E-state index contributed by atoms with van der Waals surface area (Å²) >= 11 is 0. The molecule has 3 heteroatoms. The first-order chi connectivity index (χ1) is 10.7. The van der Waals surface area contributed by atoms with Gasteiger partial charge in [0.15, 0.2) is 0 Å². The van der Waals surface area contributed by atoms with E-state index in [1.807, 2.05) is 30.3 Å². The molecule has 0 radical (unpaired) electrons. The number of para-hydroxylation sites is 1. The van der Waals surface area contributed by atoms with Crippen LogP contribution < -0.4 is 0 Å². The molecule has 0 aliphatic heterocycles. The Hall–Kier alpha value is -2.81. The summed E-state index contributed by atoms with van der Waals surface area (Å²) in [5, 5.41) is 0. The third kappa shape index (κ3) is 3.26. The number of hydrogen-bond acceptors (Lipinski definition) is 1. The second-order valence-corrected chi connectivity index (χ2v) is 4.81. The van der Waals surface area contributed by atoms with Crippen LogP contribution in [0.1, 0.15) is 11.1 Å². The molecule has 1 nitrogen and oxygen atoms in total. The predicted molar refractivity (Wildman–Crippen MR) is 84.5 cm³/mol. The molecule has 0 N–H and O–H groups in total. The number of aliphatic imine (C=N–C) groups is 1. The minimum atomic E-state index is -0.304. The second-order valence-electron chi connectivity index (χ2n) is 4.81. The lowest BCUT2D eigenvalue weighted by atomic mass is 10.0. The van der Waals surface area contributed by atoms with Crippen molar-refractivity contribution in [2.75, 3.05) is 0 Å². The van der Waals surface area contributed by atoms with Gasteiger partial charge in [-0.05, 0) is 60.7 Å². The van der Waals surface area contributed by atoms with Gasteiger partial charge in [0.05, 0.1) is 11.4 Å². The van der Waals surface area contributed by atoms with E-state index in [4.69, 9.17) is 0 Å². The Balaban J connectivity index is 2.11. The molecule has 3 aromatic rings. The van der Waals surface area contributed by atoms with Crippen LogP contribution in [0.5, 0.6) is 0 Å². The zero-order valence-corrected chi connectivity index (χ0v) is 11.7. The quantitative estimate of drug-likeness (QED) is 0.593. The molecule has 3 aromatic carbocycles. The highest BCUT2D eigenvalue weighted by Crippen LogP contribution is 2.18. The molecule has 0 aliphatic rings. The maximum atomic E-state index is 13.1. The van der Waals surface area contributed by atoms with Crippen molar-refractivity contribution < 1.29 is 8.78 Å². The van der Waals surface area contributed by atoms with Gasteiger partial charge in [-0.1, -0.05) is 18.2 Å². The minimum absolute atomic E-state index is 0.304. The van der Waals surface area contributed by atoms with Gasteiger partial charge in [0, 0.05) is 11.1 Å². The molecule has 0 unspecified atom stereocenters. The summed E-state index contributed by atoms with van der Waals surface area (Å²) in [6.07, 6.45) is 0. The van der Waals surface area contributed by atoms with Crippen LogP contribution in [0.25, 0.3) is 0 Å². The molecule has 0 amide bonds. The third-order valence-electron chi connectivity index (χ3n) is 3.23. The lowest BCUT2D eigenvalue weighted by molar-refractivity contribution is 0.627. The monoisotopic (exact) mass is 293 g/mol. The van der Waals surface area contributed by atoms with Crippen LogP contribution in [0.2, 0.25) is 0 Å². The smallest absolute Gasteiger partial charge is 0.123 e. The van der Waals surface area contributed by atoms with E-state index in [9.17, 15) is 8.78 Å². The van der Waals surface area contributed by atoms with Crippen molar-refractivity contribution in [1.29, 1.82) is 0 Å². The largest absolute Gasteiger partial charge is 0.248 e. The molecule has 0 saturated carbocycles. The first-order valence-corrected chi connectivity index (χ1v) is 6.88. The predicted octanol–water partition coefficient (Wildman–Crippen LogP) is 5.13. The van der Waals surface area contributed by atoms with Crippen molar-refractivity contribution in [3.63, 3.8) is 0 Å². The summed E-state index contributed by atoms with van der Waals surface area (Å²) in [7, 11) is 0. The lowest BCUT2D eigenvalue weighted by Gasteiger charge is -2.08. The topological polar surface area (TPSA) is 12.4 Å². The van der Waals surface area contributed by atoms with Gasteiger partial charge in [-0.25, -0.2) is 13.8 Å². The van der Waals surface area contributed by atoms with E-state index in [0.29, 0.717) is 5.71 Å². The maximum Gasteiger partial charge on any atom is 0.123 e. The molecule has 0 bridgehead atoms. The van der Waals surface area contributed by atoms with Gasteiger partial charge in [-0.3, -0.25) is 0 Å². The Labute approximate surface area is 127 Å². The van der Waals surface area contributed by atoms with E-state index in [1.165, 1.54) is 24.3 Å². The number of nitrogens with zero attached hydrogens (tertiary/aromatic N) is 1. The standard InChI is InChI=1S/C19H13F2N/c20-16-10-6-14(7-11-16)19(15-8-12-17(21)13-9-15)22-18-4-2-1-3-5-18/h1-13H. The van der Waals surface area contributed by atoms with E-state index in [2.05, 4.69) is 4.99 Å². The SMILES string of the molecule is Fc1ccc(C(=Nc2ccccc2)c2ccc(F)cc2)cc1. The molecule has 0 spiro atoms. The fourth-order valence-electron chi connectivity index (χ4n) is 2.14. The van der Waals surface area contributed by atoms with Gasteiger partial charge < -0.3 is 0 Å². The van der Waals surface area contributed by atoms with Crippen molar-refractivity contribution in [2.24, 2.45) is 4.99 Å². The first kappa shape index (κ1) is 14.1. The molecule has 3 rings (SSSR count). The fraction of sp³-hybridized carbons (Fsp3) is 0. The van der Waals surface area contributed by atoms with E-state index in [-0.39, 0.29) is 11.6 Å². The molecule has 0 heterocycles. The number of rotatable bonds is 3. The van der Waals surface area contributed by atoms with Crippen LogP contribution in [0.3, 0.4) is 0 Å². The van der Waals surface area contributed by atoms with Gasteiger partial charge in [0.2, 0.25) is 0 Å². The summed E-state index contributed by atoms with van der Waals surface area (Å²) < 4.78 is 26.3. The summed E-state index contributed by atoms with van der Waals surface area (Å²) in [6.45, 7) is 0. The summed E-state index contributed by atoms with van der Waals surface area (Å²) in [5.41, 5.74) is 3.01. The molecule has 22 heavy (non-hydrogen) atoms. The zero-order chi connectivity index (χ0) is 15.4. The van der Waals surface area contributed by atoms with Crippen LogP contribution in [0.15, 0.2) is 83.9 Å².